The van der Waals surface area contributed by atoms with Gasteiger partial charge in [0.05, 0.1) is 12.6 Å². The standard InChI is InChI=1S/C7H9F3N2O.2C2H6/c1-5-2-6(3-12(5)4-11)13-7(8,9)10;2*1-2/h5-6H,2-3H2,1H3;2*1-2H3. The number of alkyl halides is 3. The van der Waals surface area contributed by atoms with E-state index in [4.69, 9.17) is 5.26 Å². The Balaban J connectivity index is 0. The van der Waals surface area contributed by atoms with E-state index in [0.717, 1.165) is 0 Å². The molecule has 2 unspecified atom stereocenters. The molecule has 0 aliphatic carbocycles. The molecule has 0 aromatic heterocycles. The summed E-state index contributed by atoms with van der Waals surface area (Å²) in [6, 6.07) is -0.169. The van der Waals surface area contributed by atoms with Gasteiger partial charge in [0.15, 0.2) is 6.19 Å². The minimum Gasteiger partial charge on any atom is -0.305 e. The smallest absolute Gasteiger partial charge is 0.305 e. The van der Waals surface area contributed by atoms with E-state index < -0.39 is 12.5 Å². The van der Waals surface area contributed by atoms with Gasteiger partial charge in [-0.15, -0.1) is 13.2 Å². The van der Waals surface area contributed by atoms with Crippen LogP contribution in [0.3, 0.4) is 0 Å². The molecule has 0 saturated carbocycles. The zero-order valence-electron chi connectivity index (χ0n) is 11.0. The van der Waals surface area contributed by atoms with Crippen LogP contribution in [-0.4, -0.2) is 30.0 Å². The minimum absolute atomic E-state index is 0.0250. The molecule has 102 valence electrons. The number of nitriles is 1. The minimum atomic E-state index is -4.60. The molecule has 1 rings (SSSR count). The van der Waals surface area contributed by atoms with Crippen molar-refractivity contribution in [2.75, 3.05) is 6.54 Å². The number of hydrogen-bond donors (Lipinski definition) is 0. The van der Waals surface area contributed by atoms with Crippen LogP contribution in [0.1, 0.15) is 41.0 Å². The number of nitrogens with zero attached hydrogens (tertiary/aromatic N) is 2. The molecule has 0 radical (unpaired) electrons. The Kier molecular flexibility index (Phi) is 9.86. The molecule has 1 aliphatic heterocycles. The Hall–Kier alpha value is -0.960. The van der Waals surface area contributed by atoms with Crippen LogP contribution in [0.25, 0.3) is 0 Å². The van der Waals surface area contributed by atoms with Crippen LogP contribution in [0.15, 0.2) is 0 Å². The lowest BCUT2D eigenvalue weighted by Crippen LogP contribution is -2.26. The topological polar surface area (TPSA) is 36.3 Å². The van der Waals surface area contributed by atoms with Crippen LogP contribution in [-0.2, 0) is 4.74 Å². The summed E-state index contributed by atoms with van der Waals surface area (Å²) >= 11 is 0. The molecule has 17 heavy (non-hydrogen) atoms. The second-order valence-corrected chi connectivity index (χ2v) is 3.02. The van der Waals surface area contributed by atoms with Crippen molar-refractivity contribution >= 4 is 0 Å². The number of rotatable bonds is 1. The van der Waals surface area contributed by atoms with Crippen molar-refractivity contribution in [2.45, 2.75) is 59.5 Å². The van der Waals surface area contributed by atoms with Crippen molar-refractivity contribution in [2.24, 2.45) is 0 Å². The van der Waals surface area contributed by atoms with Crippen molar-refractivity contribution in [1.29, 1.82) is 5.26 Å². The highest BCUT2D eigenvalue weighted by atomic mass is 19.4. The Morgan fingerprint density at radius 2 is 1.71 bits per heavy atom. The van der Waals surface area contributed by atoms with Crippen molar-refractivity contribution in [3.05, 3.63) is 0 Å². The van der Waals surface area contributed by atoms with Gasteiger partial charge < -0.3 is 4.90 Å². The molecule has 6 heteroatoms. The SMILES string of the molecule is CC.CC.CC1CC(OC(F)(F)F)CN1C#N. The molecule has 1 aliphatic rings. The number of likely N-dealkylation sites (tertiary alicyclic amines) is 1. The molecule has 1 fully saturated rings. The fourth-order valence-corrected chi connectivity index (χ4v) is 1.40. The van der Waals surface area contributed by atoms with E-state index >= 15 is 0 Å². The van der Waals surface area contributed by atoms with Gasteiger partial charge in [-0.2, -0.15) is 5.26 Å². The Labute approximate surface area is 101 Å². The van der Waals surface area contributed by atoms with E-state index in [9.17, 15) is 13.2 Å². The van der Waals surface area contributed by atoms with Crippen molar-refractivity contribution in [3.63, 3.8) is 0 Å². The molecule has 1 saturated heterocycles. The molecule has 1 heterocycles. The summed E-state index contributed by atoms with van der Waals surface area (Å²) in [5.41, 5.74) is 0. The molecule has 0 bridgehead atoms. The summed E-state index contributed by atoms with van der Waals surface area (Å²) in [5, 5.41) is 8.49. The number of hydrogen-bond acceptors (Lipinski definition) is 3. The van der Waals surface area contributed by atoms with Crippen LogP contribution in [0.5, 0.6) is 0 Å². The van der Waals surface area contributed by atoms with Crippen LogP contribution in [0, 0.1) is 11.5 Å². The van der Waals surface area contributed by atoms with Crippen molar-refractivity contribution in [1.82, 2.24) is 4.90 Å². The van der Waals surface area contributed by atoms with Gasteiger partial charge >= 0.3 is 6.36 Å². The lowest BCUT2D eigenvalue weighted by Gasteiger charge is -2.13. The Morgan fingerprint density at radius 3 is 2.00 bits per heavy atom. The molecule has 0 amide bonds. The quantitative estimate of drug-likeness (QED) is 0.672. The maximum atomic E-state index is 11.7. The van der Waals surface area contributed by atoms with Crippen LogP contribution < -0.4 is 0 Å². The Bertz CT molecular complexity index is 226. The van der Waals surface area contributed by atoms with E-state index in [2.05, 4.69) is 4.74 Å². The third-order valence-electron chi connectivity index (χ3n) is 1.97. The summed E-state index contributed by atoms with van der Waals surface area (Å²) in [6.45, 7) is 9.72. The predicted octanol–water partition coefficient (Wildman–Crippen LogP) is 3.52. The maximum Gasteiger partial charge on any atom is 0.522 e. The highest BCUT2D eigenvalue weighted by molar-refractivity contribution is 4.90. The first-order valence-corrected chi connectivity index (χ1v) is 5.83. The molecule has 0 N–H and O–H groups in total. The van der Waals surface area contributed by atoms with Gasteiger partial charge in [-0.1, -0.05) is 27.7 Å². The van der Waals surface area contributed by atoms with E-state index in [-0.39, 0.29) is 19.0 Å². The maximum absolute atomic E-state index is 11.7. The highest BCUT2D eigenvalue weighted by Crippen LogP contribution is 2.26. The van der Waals surface area contributed by atoms with Crippen LogP contribution in [0.4, 0.5) is 13.2 Å². The van der Waals surface area contributed by atoms with E-state index in [0.29, 0.717) is 0 Å². The molecule has 0 aromatic carbocycles. The molecular weight excluding hydrogens is 233 g/mol. The molecule has 0 spiro atoms. The van der Waals surface area contributed by atoms with Crippen molar-refractivity contribution in [3.8, 4) is 6.19 Å². The van der Waals surface area contributed by atoms with Crippen LogP contribution in [0.2, 0.25) is 0 Å². The zero-order chi connectivity index (χ0) is 14.1. The molecular formula is C11H21F3N2O. The largest absolute Gasteiger partial charge is 0.522 e. The van der Waals surface area contributed by atoms with Crippen molar-refractivity contribution < 1.29 is 17.9 Å². The van der Waals surface area contributed by atoms with E-state index in [1.807, 2.05) is 33.9 Å². The van der Waals surface area contributed by atoms with Crippen LogP contribution >= 0.6 is 0 Å². The van der Waals surface area contributed by atoms with Gasteiger partial charge in [0, 0.05) is 6.04 Å². The first kappa shape index (κ1) is 18.4. The average molecular weight is 254 g/mol. The molecule has 2 atom stereocenters. The average Bonchev–Trinajstić information content (AvgIpc) is 2.62. The summed E-state index contributed by atoms with van der Waals surface area (Å²) < 4.78 is 39.0. The fourth-order valence-electron chi connectivity index (χ4n) is 1.40. The fraction of sp³-hybridized carbons (Fsp3) is 0.909. The zero-order valence-corrected chi connectivity index (χ0v) is 11.0. The predicted molar refractivity (Wildman–Crippen MR) is 60.0 cm³/mol. The number of halogens is 3. The molecule has 0 aromatic rings. The first-order chi connectivity index (χ1) is 7.92. The van der Waals surface area contributed by atoms with Gasteiger partial charge in [-0.25, -0.2) is 0 Å². The normalized spacial score (nSPS) is 22.9. The second-order valence-electron chi connectivity index (χ2n) is 3.02. The summed E-state index contributed by atoms with van der Waals surface area (Å²) in [4.78, 5) is 1.29. The number of ether oxygens (including phenoxy) is 1. The third kappa shape index (κ3) is 7.86. The highest BCUT2D eigenvalue weighted by Gasteiger charge is 2.38. The third-order valence-corrected chi connectivity index (χ3v) is 1.97. The monoisotopic (exact) mass is 254 g/mol. The summed E-state index contributed by atoms with van der Waals surface area (Å²) in [5.74, 6) is 0. The van der Waals surface area contributed by atoms with Gasteiger partial charge in [-0.3, -0.25) is 4.74 Å². The van der Waals surface area contributed by atoms with E-state index in [1.165, 1.54) is 4.90 Å². The summed E-state index contributed by atoms with van der Waals surface area (Å²) in [7, 11) is 0. The van der Waals surface area contributed by atoms with E-state index in [1.54, 1.807) is 6.92 Å². The van der Waals surface area contributed by atoms with Gasteiger partial charge in [0.1, 0.15) is 0 Å². The first-order valence-electron chi connectivity index (χ1n) is 5.83. The second kappa shape index (κ2) is 9.11. The molecule has 3 nitrogen and oxygen atoms in total. The Morgan fingerprint density at radius 1 is 1.24 bits per heavy atom. The lowest BCUT2D eigenvalue weighted by molar-refractivity contribution is -0.340. The van der Waals surface area contributed by atoms with Gasteiger partial charge in [-0.05, 0) is 13.3 Å². The summed E-state index contributed by atoms with van der Waals surface area (Å²) in [6.07, 6.45) is -3.45. The van der Waals surface area contributed by atoms with Gasteiger partial charge in [0.2, 0.25) is 0 Å². The van der Waals surface area contributed by atoms with Gasteiger partial charge in [0.25, 0.3) is 0 Å². The lowest BCUT2D eigenvalue weighted by atomic mass is 10.2.